The second-order valence-corrected chi connectivity index (χ2v) is 8.79. The molecule has 3 heterocycles. The SMILES string of the molecule is O=c1c2cn(Cc3ccc(-n4cncn4)cc3F)c3c(c-2nn1-c1ccccc1F)=C(F)C1=C[C@@H]1C=3F. The molecule has 7 nitrogen and oxygen atoms in total. The van der Waals surface area contributed by atoms with E-state index in [1.54, 1.807) is 6.07 Å². The molecule has 7 rings (SSSR count). The number of halogens is 4. The summed E-state index contributed by atoms with van der Waals surface area (Å²) in [6.45, 7) is -0.200. The van der Waals surface area contributed by atoms with E-state index in [2.05, 4.69) is 15.2 Å². The van der Waals surface area contributed by atoms with Crippen LogP contribution in [0.1, 0.15) is 5.56 Å². The highest BCUT2D eigenvalue weighted by molar-refractivity contribution is 5.81. The van der Waals surface area contributed by atoms with Crippen LogP contribution < -0.4 is 16.1 Å². The van der Waals surface area contributed by atoms with Gasteiger partial charge in [0, 0.05) is 11.8 Å². The molecule has 0 spiro atoms. The van der Waals surface area contributed by atoms with Gasteiger partial charge in [-0.15, -0.1) is 0 Å². The summed E-state index contributed by atoms with van der Waals surface area (Å²) >= 11 is 0. The summed E-state index contributed by atoms with van der Waals surface area (Å²) < 4.78 is 64.1. The monoisotopic (exact) mass is 502 g/mol. The molecule has 4 aliphatic rings. The molecule has 0 radical (unpaired) electrons. The maximum absolute atomic E-state index is 15.5. The molecule has 2 aliphatic carbocycles. The predicted octanol–water partition coefficient (Wildman–Crippen LogP) is 2.77. The Labute approximate surface area is 204 Å². The van der Waals surface area contributed by atoms with Crippen molar-refractivity contribution in [2.45, 2.75) is 6.54 Å². The zero-order valence-corrected chi connectivity index (χ0v) is 18.7. The van der Waals surface area contributed by atoms with Crippen molar-refractivity contribution in [3.63, 3.8) is 0 Å². The van der Waals surface area contributed by atoms with Gasteiger partial charge in [-0.1, -0.05) is 24.3 Å². The molecule has 0 saturated heterocycles. The fraction of sp³-hybridized carbons (Fsp3) is 0.0769. The lowest BCUT2D eigenvalue weighted by Gasteiger charge is -2.16. The van der Waals surface area contributed by atoms with Gasteiger partial charge >= 0.3 is 0 Å². The van der Waals surface area contributed by atoms with Gasteiger partial charge in [-0.25, -0.2) is 27.2 Å². The molecular formula is C26H14F4N6O. The molecule has 0 unspecified atom stereocenters. The highest BCUT2D eigenvalue weighted by atomic mass is 19.1. The summed E-state index contributed by atoms with van der Waals surface area (Å²) in [5, 5.41) is 7.82. The van der Waals surface area contributed by atoms with Crippen molar-refractivity contribution in [1.29, 1.82) is 0 Å². The van der Waals surface area contributed by atoms with Crippen LogP contribution in [0.15, 0.2) is 77.8 Å². The van der Waals surface area contributed by atoms with Crippen molar-refractivity contribution in [3.8, 4) is 22.6 Å². The van der Waals surface area contributed by atoms with E-state index >= 15 is 13.2 Å². The third-order valence-electron chi connectivity index (χ3n) is 6.61. The second kappa shape index (κ2) is 7.60. The summed E-state index contributed by atoms with van der Waals surface area (Å²) in [5.74, 6) is -3.45. The molecule has 0 bridgehead atoms. The molecule has 0 saturated carbocycles. The predicted molar refractivity (Wildman–Crippen MR) is 125 cm³/mol. The number of allylic oxidation sites excluding steroid dienone is 2. The Morgan fingerprint density at radius 3 is 2.59 bits per heavy atom. The topological polar surface area (TPSA) is 70.5 Å². The Hall–Kier alpha value is -4.80. The van der Waals surface area contributed by atoms with Crippen LogP contribution >= 0.6 is 0 Å². The van der Waals surface area contributed by atoms with Gasteiger partial charge in [0.1, 0.15) is 47.3 Å². The van der Waals surface area contributed by atoms with Gasteiger partial charge < -0.3 is 4.57 Å². The summed E-state index contributed by atoms with van der Waals surface area (Å²) in [7, 11) is 0. The third kappa shape index (κ3) is 3.13. The van der Waals surface area contributed by atoms with E-state index in [0.29, 0.717) is 5.69 Å². The van der Waals surface area contributed by atoms with Crippen LogP contribution in [0.3, 0.4) is 0 Å². The van der Waals surface area contributed by atoms with Crippen LogP contribution in [0.25, 0.3) is 34.3 Å². The van der Waals surface area contributed by atoms with E-state index in [1.165, 1.54) is 70.6 Å². The highest BCUT2D eigenvalue weighted by Gasteiger charge is 2.39. The molecule has 1 atom stereocenters. The first-order valence-electron chi connectivity index (χ1n) is 11.2. The lowest BCUT2D eigenvalue weighted by atomic mass is 10.0. The van der Waals surface area contributed by atoms with Crippen molar-refractivity contribution in [2.75, 3.05) is 0 Å². The number of fused-ring (bicyclic) bond motifs is 4. The molecule has 1 aromatic heterocycles. The average molecular weight is 502 g/mol. The van der Waals surface area contributed by atoms with Crippen LogP contribution in [0, 0.1) is 17.6 Å². The summed E-state index contributed by atoms with van der Waals surface area (Å²) in [4.78, 5) is 17.1. The van der Waals surface area contributed by atoms with Crippen LogP contribution in [-0.2, 0) is 6.54 Å². The van der Waals surface area contributed by atoms with Crippen LogP contribution in [0.2, 0.25) is 0 Å². The van der Waals surface area contributed by atoms with Crippen molar-refractivity contribution in [3.05, 3.63) is 111 Å². The molecule has 37 heavy (non-hydrogen) atoms. The molecule has 0 N–H and O–H groups in total. The van der Waals surface area contributed by atoms with Crippen LogP contribution in [0.5, 0.6) is 0 Å². The largest absolute Gasteiger partial charge is 0.340 e. The minimum atomic E-state index is -0.809. The van der Waals surface area contributed by atoms with E-state index in [-0.39, 0.29) is 45.2 Å². The summed E-state index contributed by atoms with van der Waals surface area (Å²) in [6, 6.07) is 9.88. The first-order chi connectivity index (χ1) is 17.9. The van der Waals surface area contributed by atoms with Gasteiger partial charge in [0.2, 0.25) is 0 Å². The third-order valence-corrected chi connectivity index (χ3v) is 6.61. The number of benzene rings is 2. The van der Waals surface area contributed by atoms with Crippen LogP contribution in [-0.4, -0.2) is 29.1 Å². The number of hydrogen-bond acceptors (Lipinski definition) is 4. The molecule has 182 valence electrons. The number of rotatable bonds is 4. The molecule has 2 aromatic carbocycles. The number of para-hydroxylation sites is 1. The van der Waals surface area contributed by atoms with Crippen molar-refractivity contribution in [2.24, 2.45) is 5.92 Å². The normalized spacial score (nSPS) is 16.1. The fourth-order valence-corrected chi connectivity index (χ4v) is 4.74. The van der Waals surface area contributed by atoms with E-state index in [4.69, 9.17) is 0 Å². The number of nitrogens with zero attached hydrogens (tertiary/aromatic N) is 6. The number of aromatic nitrogens is 6. The van der Waals surface area contributed by atoms with E-state index in [0.717, 1.165) is 4.68 Å². The van der Waals surface area contributed by atoms with Gasteiger partial charge in [0.15, 0.2) is 0 Å². The Morgan fingerprint density at radius 1 is 1.00 bits per heavy atom. The summed E-state index contributed by atoms with van der Waals surface area (Å²) in [6.07, 6.45) is 5.47. The minimum absolute atomic E-state index is 0.0516. The minimum Gasteiger partial charge on any atom is -0.340 e. The average Bonchev–Trinajstić information content (AvgIpc) is 3.39. The number of hydrogen-bond donors (Lipinski definition) is 0. The smallest absolute Gasteiger partial charge is 0.282 e. The lowest BCUT2D eigenvalue weighted by molar-refractivity contribution is 0.587. The van der Waals surface area contributed by atoms with Crippen LogP contribution in [0.4, 0.5) is 17.6 Å². The molecule has 0 amide bonds. The van der Waals surface area contributed by atoms with Crippen molar-refractivity contribution < 1.29 is 17.6 Å². The van der Waals surface area contributed by atoms with Gasteiger partial charge in [-0.3, -0.25) is 4.79 Å². The molecule has 3 aromatic rings. The Bertz CT molecular complexity index is 1940. The first kappa shape index (κ1) is 21.5. The maximum atomic E-state index is 15.5. The van der Waals surface area contributed by atoms with E-state index in [9.17, 15) is 9.18 Å². The standard InChI is InChI=1S/C26H14F4N6O/c27-18-3-1-2-4-20(18)36-26(37)17-10-34(9-13-5-6-14(7-19(13)28)35-12-31-11-32-35)25-21(24(17)33-36)22(29)15-8-16(15)23(25)30/h1-8,10-12,16H,9H2/t16-/m0/s1. The van der Waals surface area contributed by atoms with Gasteiger partial charge in [0.05, 0.1) is 34.3 Å². The lowest BCUT2D eigenvalue weighted by Crippen LogP contribution is -2.42. The maximum Gasteiger partial charge on any atom is 0.282 e. The quantitative estimate of drug-likeness (QED) is 0.355. The van der Waals surface area contributed by atoms with E-state index < -0.39 is 34.8 Å². The second-order valence-electron chi connectivity index (χ2n) is 8.79. The highest BCUT2D eigenvalue weighted by Crippen LogP contribution is 2.44. The Balaban J connectivity index is 1.46. The molecular weight excluding hydrogens is 488 g/mol. The summed E-state index contributed by atoms with van der Waals surface area (Å²) in [5.41, 5.74) is -0.211. The molecule has 11 heteroatoms. The van der Waals surface area contributed by atoms with E-state index in [1.807, 2.05) is 0 Å². The number of pyridine rings is 1. The van der Waals surface area contributed by atoms with Crippen molar-refractivity contribution in [1.82, 2.24) is 29.1 Å². The fourth-order valence-electron chi connectivity index (χ4n) is 4.74. The zero-order valence-electron chi connectivity index (χ0n) is 18.7. The van der Waals surface area contributed by atoms with Gasteiger partial charge in [-0.05, 0) is 29.8 Å². The molecule has 2 aliphatic heterocycles. The molecule has 0 fully saturated rings. The zero-order chi connectivity index (χ0) is 25.4. The van der Waals surface area contributed by atoms with Gasteiger partial charge in [0.25, 0.3) is 5.56 Å². The van der Waals surface area contributed by atoms with Gasteiger partial charge in [-0.2, -0.15) is 14.9 Å². The Kier molecular flexibility index (Phi) is 4.41. The van der Waals surface area contributed by atoms with Crippen molar-refractivity contribution >= 4 is 11.7 Å². The Morgan fingerprint density at radius 2 is 1.84 bits per heavy atom. The first-order valence-corrected chi connectivity index (χ1v) is 11.2.